The number of hydrogen-bond donors (Lipinski definition) is 7. The third-order valence-corrected chi connectivity index (χ3v) is 10.5. The molecule has 1 amide bonds. The number of aliphatic hydroxyl groups excluding tert-OH is 6. The smallest absolute Gasteiger partial charge is 0.254 e. The van der Waals surface area contributed by atoms with Crippen LogP contribution in [0.3, 0.4) is 0 Å². The van der Waals surface area contributed by atoms with Gasteiger partial charge in [-0.05, 0) is 91.3 Å². The van der Waals surface area contributed by atoms with E-state index in [9.17, 15) is 25.2 Å². The van der Waals surface area contributed by atoms with Crippen molar-refractivity contribution in [1.82, 2.24) is 15.2 Å². The molecule has 278 valence electrons. The fourth-order valence-electron chi connectivity index (χ4n) is 6.00. The van der Waals surface area contributed by atoms with E-state index >= 15 is 0 Å². The van der Waals surface area contributed by atoms with Gasteiger partial charge in [-0.2, -0.15) is 0 Å². The van der Waals surface area contributed by atoms with Gasteiger partial charge in [0.25, 0.3) is 5.91 Å². The van der Waals surface area contributed by atoms with Crippen LogP contribution >= 0.6 is 11.8 Å². The van der Waals surface area contributed by atoms with E-state index in [2.05, 4.69) is 47.6 Å². The molecule has 2 fully saturated rings. The van der Waals surface area contributed by atoms with Crippen LogP contribution in [-0.2, 0) is 21.6 Å². The Morgan fingerprint density at radius 3 is 2.53 bits per heavy atom. The van der Waals surface area contributed by atoms with Crippen molar-refractivity contribution in [2.45, 2.75) is 86.5 Å². The van der Waals surface area contributed by atoms with E-state index in [-0.39, 0.29) is 38.4 Å². The molecule has 1 aromatic heterocycles. The lowest BCUT2D eigenvalue weighted by molar-refractivity contribution is -0.159. The summed E-state index contributed by atoms with van der Waals surface area (Å²) in [5.74, 6) is 0.738. The lowest BCUT2D eigenvalue weighted by Gasteiger charge is -2.30. The summed E-state index contributed by atoms with van der Waals surface area (Å²) in [7, 11) is 0. The molecule has 2 aliphatic rings. The minimum absolute atomic E-state index is 0.0862. The maximum atomic E-state index is 13.1. The predicted molar refractivity (Wildman–Crippen MR) is 193 cm³/mol. The molecule has 0 bridgehead atoms. The number of nitrogens with zero attached hydrogens (tertiary/aromatic N) is 2. The highest BCUT2D eigenvalue weighted by molar-refractivity contribution is 7.99. The SMILES string of the molecule is Cc1ccc(SCCCN(CCOCCO)C(=O)[C@@H](O)[C@@H](O)[C@H](O)[C@@H](O)CO)cc1CNC1(c2cnccc2-c2ccccc2OC2CC2)CC1. The number of hydrogen-bond acceptors (Lipinski definition) is 12. The summed E-state index contributed by atoms with van der Waals surface area (Å²) in [6.07, 6.45) is 1.27. The first-order valence-electron chi connectivity index (χ1n) is 17.7. The number of rotatable bonds is 22. The van der Waals surface area contributed by atoms with E-state index in [1.165, 1.54) is 21.6 Å². The Balaban J connectivity index is 1.19. The molecular weight excluding hydrogens is 674 g/mol. The summed E-state index contributed by atoms with van der Waals surface area (Å²) < 4.78 is 11.6. The van der Waals surface area contributed by atoms with Crippen LogP contribution in [-0.4, -0.2) is 122 Å². The fourth-order valence-corrected chi connectivity index (χ4v) is 6.90. The highest BCUT2D eigenvalue weighted by atomic mass is 32.2. The highest BCUT2D eigenvalue weighted by Crippen LogP contribution is 2.50. The summed E-state index contributed by atoms with van der Waals surface area (Å²) >= 11 is 1.65. The molecule has 3 aromatic rings. The molecule has 0 aliphatic heterocycles. The molecule has 5 rings (SSSR count). The van der Waals surface area contributed by atoms with Gasteiger partial charge in [0.05, 0.1) is 32.5 Å². The zero-order valence-electron chi connectivity index (χ0n) is 29.1. The Kier molecular flexibility index (Phi) is 14.3. The van der Waals surface area contributed by atoms with Crippen LogP contribution < -0.4 is 10.1 Å². The topological polar surface area (TPSA) is 185 Å². The van der Waals surface area contributed by atoms with Crippen molar-refractivity contribution >= 4 is 17.7 Å². The number of amides is 1. The number of nitrogens with one attached hydrogen (secondary N) is 1. The first-order valence-corrected chi connectivity index (χ1v) is 18.6. The van der Waals surface area contributed by atoms with Crippen molar-refractivity contribution in [3.63, 3.8) is 0 Å². The van der Waals surface area contributed by atoms with Crippen LogP contribution in [0, 0.1) is 6.92 Å². The third-order valence-electron chi connectivity index (χ3n) is 9.42. The summed E-state index contributed by atoms with van der Waals surface area (Å²) in [5, 5.41) is 62.3. The van der Waals surface area contributed by atoms with Gasteiger partial charge in [0.15, 0.2) is 6.10 Å². The molecule has 0 radical (unpaired) electrons. The molecule has 1 heterocycles. The van der Waals surface area contributed by atoms with Crippen molar-refractivity contribution in [2.24, 2.45) is 0 Å². The molecule has 7 N–H and O–H groups in total. The van der Waals surface area contributed by atoms with Gasteiger partial charge in [-0.25, -0.2) is 0 Å². The first-order chi connectivity index (χ1) is 24.7. The molecule has 13 heteroatoms. The summed E-state index contributed by atoms with van der Waals surface area (Å²) in [6.45, 7) is 2.27. The molecule has 0 saturated heterocycles. The Morgan fingerprint density at radius 2 is 1.80 bits per heavy atom. The maximum Gasteiger partial charge on any atom is 0.254 e. The van der Waals surface area contributed by atoms with E-state index in [0.717, 1.165) is 47.5 Å². The summed E-state index contributed by atoms with van der Waals surface area (Å²) in [6, 6.07) is 16.7. The summed E-state index contributed by atoms with van der Waals surface area (Å²) in [5.41, 5.74) is 5.60. The van der Waals surface area contributed by atoms with E-state index in [1.54, 1.807) is 11.8 Å². The number of benzene rings is 2. The summed E-state index contributed by atoms with van der Waals surface area (Å²) in [4.78, 5) is 20.0. The quantitative estimate of drug-likeness (QED) is 0.0593. The molecule has 12 nitrogen and oxygen atoms in total. The third kappa shape index (κ3) is 10.5. The van der Waals surface area contributed by atoms with Crippen LogP contribution in [0.15, 0.2) is 65.8 Å². The Morgan fingerprint density at radius 1 is 1.02 bits per heavy atom. The molecule has 0 unspecified atom stereocenters. The number of para-hydroxylation sites is 1. The lowest BCUT2D eigenvalue weighted by atomic mass is 9.94. The maximum absolute atomic E-state index is 13.1. The monoisotopic (exact) mass is 725 g/mol. The van der Waals surface area contributed by atoms with Gasteiger partial charge in [-0.3, -0.25) is 9.78 Å². The number of aryl methyl sites for hydroxylation is 1. The van der Waals surface area contributed by atoms with E-state index < -0.39 is 36.9 Å². The zero-order chi connectivity index (χ0) is 36.4. The van der Waals surface area contributed by atoms with E-state index in [0.29, 0.717) is 24.8 Å². The number of carbonyl (C=O) groups excluding carboxylic acids is 1. The van der Waals surface area contributed by atoms with Crippen molar-refractivity contribution in [3.05, 3.63) is 77.6 Å². The Bertz CT molecular complexity index is 1570. The minimum atomic E-state index is -2.01. The molecular formula is C38H51N3O9S. The van der Waals surface area contributed by atoms with Crippen LogP contribution in [0.1, 0.15) is 48.8 Å². The fraction of sp³-hybridized carbons (Fsp3) is 0.526. The number of carbonyl (C=O) groups is 1. The normalized spacial score (nSPS) is 17.4. The van der Waals surface area contributed by atoms with Crippen LogP contribution in [0.5, 0.6) is 5.75 Å². The van der Waals surface area contributed by atoms with Crippen LogP contribution in [0.2, 0.25) is 0 Å². The van der Waals surface area contributed by atoms with Gasteiger partial charge in [0.2, 0.25) is 0 Å². The Labute approximate surface area is 303 Å². The standard InChI is InChI=1S/C38H51N3O9S/c1-25-7-10-28(51-20-4-15-41(16-18-49-19-17-42)37(48)36(47)35(46)34(45)32(44)24-43)21-26(25)22-40-38(12-13-38)31-23-39-14-11-29(31)30-5-2-3-6-33(30)50-27-8-9-27/h2-3,5-7,10-11,14,21,23,27,32,34-36,40,42-47H,4,8-9,12-13,15-20,22,24H2,1H3/t32-,34+,35-,36-/m0/s1. The number of ether oxygens (including phenoxy) is 2. The molecule has 2 saturated carbocycles. The minimum Gasteiger partial charge on any atom is -0.490 e. The first kappa shape index (κ1) is 39.1. The Hall–Kier alpha value is -3.11. The van der Waals surface area contributed by atoms with Crippen LogP contribution in [0.25, 0.3) is 11.1 Å². The van der Waals surface area contributed by atoms with Crippen molar-refractivity contribution in [2.75, 3.05) is 45.3 Å². The lowest BCUT2D eigenvalue weighted by Crippen LogP contribution is -2.53. The predicted octanol–water partition coefficient (Wildman–Crippen LogP) is 2.13. The molecule has 2 aliphatic carbocycles. The van der Waals surface area contributed by atoms with E-state index in [1.807, 2.05) is 30.6 Å². The van der Waals surface area contributed by atoms with E-state index in [4.69, 9.17) is 19.7 Å². The molecule has 2 aromatic carbocycles. The largest absolute Gasteiger partial charge is 0.490 e. The zero-order valence-corrected chi connectivity index (χ0v) is 29.9. The van der Waals surface area contributed by atoms with Gasteiger partial charge >= 0.3 is 0 Å². The number of aromatic nitrogens is 1. The van der Waals surface area contributed by atoms with Gasteiger partial charge in [-0.1, -0.05) is 24.3 Å². The average molecular weight is 726 g/mol. The molecule has 4 atom stereocenters. The van der Waals surface area contributed by atoms with Gasteiger partial charge in [-0.15, -0.1) is 11.8 Å². The molecule has 51 heavy (non-hydrogen) atoms. The van der Waals surface area contributed by atoms with Gasteiger partial charge < -0.3 is 50.3 Å². The average Bonchev–Trinajstić information content (AvgIpc) is 4.10. The van der Waals surface area contributed by atoms with Crippen molar-refractivity contribution in [1.29, 1.82) is 0 Å². The second-order valence-corrected chi connectivity index (χ2v) is 14.5. The van der Waals surface area contributed by atoms with Gasteiger partial charge in [0.1, 0.15) is 24.1 Å². The van der Waals surface area contributed by atoms with Crippen molar-refractivity contribution in [3.8, 4) is 16.9 Å². The van der Waals surface area contributed by atoms with Gasteiger partial charge in [0, 0.05) is 48.0 Å². The number of pyridine rings is 1. The second kappa shape index (κ2) is 18.6. The van der Waals surface area contributed by atoms with Crippen molar-refractivity contribution < 1.29 is 44.9 Å². The highest BCUT2D eigenvalue weighted by Gasteiger charge is 2.46. The number of thioether (sulfide) groups is 1. The second-order valence-electron chi connectivity index (χ2n) is 13.3. The molecule has 0 spiro atoms. The van der Waals surface area contributed by atoms with Crippen LogP contribution in [0.4, 0.5) is 0 Å². The number of aliphatic hydroxyl groups is 6.